The Bertz CT molecular complexity index is 487. The van der Waals surface area contributed by atoms with Crippen LogP contribution >= 0.6 is 0 Å². The van der Waals surface area contributed by atoms with E-state index in [2.05, 4.69) is 16.8 Å². The van der Waals surface area contributed by atoms with Crippen molar-refractivity contribution < 1.29 is 0 Å². The summed E-state index contributed by atoms with van der Waals surface area (Å²) in [6, 6.07) is 0.741. The Morgan fingerprint density at radius 3 is 2.85 bits per heavy atom. The molecule has 20 heavy (non-hydrogen) atoms. The monoisotopic (exact) mass is 273 g/mol. The minimum atomic E-state index is 0.741. The van der Waals surface area contributed by atoms with Crippen LogP contribution in [-0.2, 0) is 13.0 Å². The van der Waals surface area contributed by atoms with Crippen molar-refractivity contribution in [3.05, 3.63) is 17.2 Å². The van der Waals surface area contributed by atoms with Crippen LogP contribution in [-0.4, -0.2) is 16.1 Å². The van der Waals surface area contributed by atoms with Gasteiger partial charge >= 0.3 is 0 Å². The van der Waals surface area contributed by atoms with Crippen molar-refractivity contribution >= 4 is 0 Å². The highest BCUT2D eigenvalue weighted by Crippen LogP contribution is 2.43. The molecule has 4 rings (SSSR count). The molecule has 1 aliphatic heterocycles. The predicted molar refractivity (Wildman–Crippen MR) is 80.9 cm³/mol. The Balaban J connectivity index is 1.69. The second-order valence-electron chi connectivity index (χ2n) is 7.20. The Kier molecular flexibility index (Phi) is 3.33. The highest BCUT2D eigenvalue weighted by atomic mass is 15.2. The third kappa shape index (κ3) is 2.30. The maximum absolute atomic E-state index is 5.04. The molecule has 1 aromatic heterocycles. The van der Waals surface area contributed by atoms with Gasteiger partial charge in [-0.25, -0.2) is 4.98 Å². The zero-order valence-electron chi connectivity index (χ0n) is 12.7. The molecule has 2 fully saturated rings. The number of hydrogen-bond acceptors (Lipinski definition) is 2. The summed E-state index contributed by atoms with van der Waals surface area (Å²) in [6.07, 6.45) is 10.9. The van der Waals surface area contributed by atoms with Gasteiger partial charge in [0, 0.05) is 37.2 Å². The van der Waals surface area contributed by atoms with Crippen molar-refractivity contribution in [2.75, 3.05) is 6.54 Å². The Morgan fingerprint density at radius 1 is 1.10 bits per heavy atom. The number of fused-ring (bicyclic) bond motifs is 1. The number of rotatable bonds is 2. The largest absolute Gasteiger partial charge is 0.328 e. The van der Waals surface area contributed by atoms with Crippen LogP contribution in [0.5, 0.6) is 0 Å². The molecule has 110 valence electrons. The zero-order chi connectivity index (χ0) is 13.5. The lowest BCUT2D eigenvalue weighted by Gasteiger charge is -2.24. The van der Waals surface area contributed by atoms with E-state index in [9.17, 15) is 0 Å². The van der Waals surface area contributed by atoms with Gasteiger partial charge in [0.25, 0.3) is 0 Å². The molecule has 3 nitrogen and oxygen atoms in total. The summed E-state index contributed by atoms with van der Waals surface area (Å²) in [6.45, 7) is 4.55. The molecule has 0 amide bonds. The Labute approximate surface area is 122 Å². The topological polar surface area (TPSA) is 29.9 Å². The van der Waals surface area contributed by atoms with Crippen molar-refractivity contribution in [2.24, 2.45) is 5.92 Å². The second-order valence-corrected chi connectivity index (χ2v) is 7.20. The van der Waals surface area contributed by atoms with Crippen LogP contribution < -0.4 is 5.32 Å². The number of imidazole rings is 1. The minimum Gasteiger partial charge on any atom is -0.328 e. The summed E-state index contributed by atoms with van der Waals surface area (Å²) in [5.41, 5.74) is 2.93. The average Bonchev–Trinajstić information content (AvgIpc) is 3.25. The molecule has 3 heteroatoms. The van der Waals surface area contributed by atoms with E-state index in [-0.39, 0.29) is 0 Å². The van der Waals surface area contributed by atoms with Gasteiger partial charge in [-0.1, -0.05) is 19.8 Å². The lowest BCUT2D eigenvalue weighted by molar-refractivity contribution is 0.406. The third-order valence-electron chi connectivity index (χ3n) is 5.49. The SMILES string of the molecule is CC1CCCC(n2c(C3CC3)nc3c2CCNC3)CC1. The molecule has 3 aliphatic rings. The fourth-order valence-electron chi connectivity index (χ4n) is 4.12. The summed E-state index contributed by atoms with van der Waals surface area (Å²) in [4.78, 5) is 5.04. The van der Waals surface area contributed by atoms with Gasteiger partial charge in [0.05, 0.1) is 5.69 Å². The lowest BCUT2D eigenvalue weighted by atomic mass is 10.0. The highest BCUT2D eigenvalue weighted by molar-refractivity contribution is 5.25. The summed E-state index contributed by atoms with van der Waals surface area (Å²) < 4.78 is 2.71. The van der Waals surface area contributed by atoms with Gasteiger partial charge in [0.1, 0.15) is 5.82 Å². The molecule has 1 N–H and O–H groups in total. The first-order chi connectivity index (χ1) is 9.83. The summed E-state index contributed by atoms with van der Waals surface area (Å²) >= 11 is 0. The van der Waals surface area contributed by atoms with E-state index in [1.807, 2.05) is 0 Å². The van der Waals surface area contributed by atoms with Gasteiger partial charge in [-0.15, -0.1) is 0 Å². The lowest BCUT2D eigenvalue weighted by Crippen LogP contribution is -2.26. The van der Waals surface area contributed by atoms with E-state index in [1.54, 1.807) is 5.69 Å². The van der Waals surface area contributed by atoms with Gasteiger partial charge in [-0.3, -0.25) is 0 Å². The molecule has 0 spiro atoms. The fourth-order valence-corrected chi connectivity index (χ4v) is 4.12. The van der Waals surface area contributed by atoms with Gasteiger partial charge in [-0.05, 0) is 38.0 Å². The van der Waals surface area contributed by atoms with Gasteiger partial charge in [0.2, 0.25) is 0 Å². The molecule has 2 saturated carbocycles. The van der Waals surface area contributed by atoms with Crippen molar-refractivity contribution in [1.29, 1.82) is 0 Å². The van der Waals surface area contributed by atoms with E-state index in [1.165, 1.54) is 62.9 Å². The molecule has 1 aromatic rings. The number of nitrogens with one attached hydrogen (secondary N) is 1. The van der Waals surface area contributed by atoms with Crippen LogP contribution in [0.4, 0.5) is 0 Å². The summed E-state index contributed by atoms with van der Waals surface area (Å²) in [5, 5.41) is 3.49. The standard InChI is InChI=1S/C17H27N3/c1-12-3-2-4-14(8-5-12)20-16-9-10-18-11-15(16)19-17(20)13-6-7-13/h12-14,18H,2-11H2,1H3. The van der Waals surface area contributed by atoms with Crippen LogP contribution in [0.1, 0.15) is 81.0 Å². The maximum Gasteiger partial charge on any atom is 0.112 e. The third-order valence-corrected chi connectivity index (χ3v) is 5.49. The van der Waals surface area contributed by atoms with Crippen LogP contribution in [0, 0.1) is 5.92 Å². The average molecular weight is 273 g/mol. The first kappa shape index (κ1) is 12.9. The molecule has 2 heterocycles. The molecular weight excluding hydrogens is 246 g/mol. The number of hydrogen-bond donors (Lipinski definition) is 1. The van der Waals surface area contributed by atoms with Crippen LogP contribution in [0.25, 0.3) is 0 Å². The van der Waals surface area contributed by atoms with Crippen molar-refractivity contribution in [3.8, 4) is 0 Å². The Morgan fingerprint density at radius 2 is 2.00 bits per heavy atom. The summed E-state index contributed by atoms with van der Waals surface area (Å²) in [5.74, 6) is 3.14. The molecule has 0 radical (unpaired) electrons. The van der Waals surface area contributed by atoms with E-state index in [0.717, 1.165) is 31.0 Å². The van der Waals surface area contributed by atoms with Crippen molar-refractivity contribution in [3.63, 3.8) is 0 Å². The smallest absolute Gasteiger partial charge is 0.112 e. The number of nitrogens with zero attached hydrogens (tertiary/aromatic N) is 2. The zero-order valence-corrected chi connectivity index (χ0v) is 12.7. The van der Waals surface area contributed by atoms with Crippen molar-refractivity contribution in [2.45, 2.75) is 76.8 Å². The first-order valence-corrected chi connectivity index (χ1v) is 8.63. The van der Waals surface area contributed by atoms with Crippen molar-refractivity contribution in [1.82, 2.24) is 14.9 Å². The second kappa shape index (κ2) is 5.18. The van der Waals surface area contributed by atoms with Gasteiger partial charge < -0.3 is 9.88 Å². The normalized spacial score (nSPS) is 30.9. The fraction of sp³-hybridized carbons (Fsp3) is 0.824. The van der Waals surface area contributed by atoms with E-state index < -0.39 is 0 Å². The quantitative estimate of drug-likeness (QED) is 0.835. The first-order valence-electron chi connectivity index (χ1n) is 8.63. The van der Waals surface area contributed by atoms with Gasteiger partial charge in [0.15, 0.2) is 0 Å². The molecule has 0 bridgehead atoms. The Hall–Kier alpha value is -0.830. The predicted octanol–water partition coefficient (Wildman–Crippen LogP) is 3.55. The van der Waals surface area contributed by atoms with Crippen LogP contribution in [0.3, 0.4) is 0 Å². The molecule has 0 saturated heterocycles. The van der Waals surface area contributed by atoms with E-state index in [0.29, 0.717) is 0 Å². The summed E-state index contributed by atoms with van der Waals surface area (Å²) in [7, 11) is 0. The molecule has 2 aliphatic carbocycles. The minimum absolute atomic E-state index is 0.741. The van der Waals surface area contributed by atoms with E-state index in [4.69, 9.17) is 4.98 Å². The molecule has 2 unspecified atom stereocenters. The number of aromatic nitrogens is 2. The van der Waals surface area contributed by atoms with Crippen LogP contribution in [0.15, 0.2) is 0 Å². The molecule has 0 aromatic carbocycles. The van der Waals surface area contributed by atoms with E-state index >= 15 is 0 Å². The molecular formula is C17H27N3. The molecule has 2 atom stereocenters. The maximum atomic E-state index is 5.04. The van der Waals surface area contributed by atoms with Crippen LogP contribution in [0.2, 0.25) is 0 Å². The highest BCUT2D eigenvalue weighted by Gasteiger charge is 2.34. The van der Waals surface area contributed by atoms with Gasteiger partial charge in [-0.2, -0.15) is 0 Å².